The molecule has 0 unspecified atom stereocenters. The number of allylic oxidation sites excluding steroid dienone is 2. The van der Waals surface area contributed by atoms with Crippen LogP contribution < -0.4 is 0 Å². The van der Waals surface area contributed by atoms with E-state index in [9.17, 15) is 0 Å². The molecule has 0 rings (SSSR count). The molecule has 0 bridgehead atoms. The van der Waals surface area contributed by atoms with E-state index in [0.29, 0.717) is 6.42 Å². The van der Waals surface area contributed by atoms with Crippen molar-refractivity contribution in [2.24, 2.45) is 0 Å². The molecule has 0 aliphatic rings. The van der Waals surface area contributed by atoms with E-state index in [2.05, 4.69) is 39.0 Å². The molecule has 0 aromatic rings. The molecular formula is C17H33NSn. The first-order chi connectivity index (χ1) is 9.24. The summed E-state index contributed by atoms with van der Waals surface area (Å²) in [6, 6.07) is 2.22. The van der Waals surface area contributed by atoms with Gasteiger partial charge in [-0.15, -0.1) is 0 Å². The molecule has 0 aliphatic carbocycles. The molecule has 2 heteroatoms. The predicted octanol–water partition coefficient (Wildman–Crippen LogP) is 6.31. The Kier molecular flexibility index (Phi) is 13.1. The van der Waals surface area contributed by atoms with E-state index in [4.69, 9.17) is 5.26 Å². The van der Waals surface area contributed by atoms with Crippen LogP contribution in [0.5, 0.6) is 0 Å². The van der Waals surface area contributed by atoms with Crippen LogP contribution in [-0.2, 0) is 0 Å². The quantitative estimate of drug-likeness (QED) is 0.292. The third-order valence-corrected chi connectivity index (χ3v) is 19.4. The maximum absolute atomic E-state index is 8.64. The fourth-order valence-electron chi connectivity index (χ4n) is 2.81. The molecule has 0 radical (unpaired) electrons. The fraction of sp³-hybridized carbons (Fsp3) is 0.824. The molecule has 0 heterocycles. The molecule has 1 nitrogen and oxygen atoms in total. The normalized spacial score (nSPS) is 11.9. The Balaban J connectivity index is 4.61. The first-order valence-electron chi connectivity index (χ1n) is 8.26. The fourth-order valence-corrected chi connectivity index (χ4v) is 18.0. The van der Waals surface area contributed by atoms with E-state index in [0.717, 1.165) is 0 Å². The second-order valence-electron chi connectivity index (χ2n) is 5.85. The molecule has 0 saturated heterocycles. The van der Waals surface area contributed by atoms with Gasteiger partial charge in [-0.2, -0.15) is 0 Å². The van der Waals surface area contributed by atoms with Gasteiger partial charge in [0.25, 0.3) is 0 Å². The van der Waals surface area contributed by atoms with E-state index in [1.165, 1.54) is 43.0 Å². The maximum atomic E-state index is 8.64. The number of nitrogens with zero attached hydrogens (tertiary/aromatic N) is 1. The Bertz CT molecular complexity index is 243. The predicted molar refractivity (Wildman–Crippen MR) is 89.1 cm³/mol. The molecule has 0 saturated carbocycles. The van der Waals surface area contributed by atoms with Gasteiger partial charge in [0, 0.05) is 0 Å². The molecule has 0 atom stereocenters. The molecule has 0 amide bonds. The summed E-state index contributed by atoms with van der Waals surface area (Å²) in [5, 5.41) is 8.64. The van der Waals surface area contributed by atoms with Crippen molar-refractivity contribution in [2.75, 3.05) is 0 Å². The van der Waals surface area contributed by atoms with Crippen molar-refractivity contribution in [3.63, 3.8) is 0 Å². The third kappa shape index (κ3) is 9.55. The van der Waals surface area contributed by atoms with E-state index < -0.39 is 18.4 Å². The van der Waals surface area contributed by atoms with Gasteiger partial charge < -0.3 is 0 Å². The van der Waals surface area contributed by atoms with Crippen molar-refractivity contribution >= 4 is 18.4 Å². The van der Waals surface area contributed by atoms with Crippen LogP contribution in [-0.4, -0.2) is 18.4 Å². The Morgan fingerprint density at radius 1 is 0.842 bits per heavy atom. The van der Waals surface area contributed by atoms with E-state index >= 15 is 0 Å². The van der Waals surface area contributed by atoms with Gasteiger partial charge in [-0.1, -0.05) is 0 Å². The van der Waals surface area contributed by atoms with E-state index in [1.807, 2.05) is 0 Å². The summed E-state index contributed by atoms with van der Waals surface area (Å²) in [5.74, 6) is 0. The summed E-state index contributed by atoms with van der Waals surface area (Å²) >= 11 is -1.93. The zero-order chi connectivity index (χ0) is 14.4. The van der Waals surface area contributed by atoms with E-state index in [1.54, 1.807) is 13.3 Å². The summed E-state index contributed by atoms with van der Waals surface area (Å²) in [4.78, 5) is 0. The van der Waals surface area contributed by atoms with Crippen LogP contribution in [0.1, 0.15) is 65.7 Å². The number of hydrogen-bond donors (Lipinski definition) is 0. The molecule has 0 spiro atoms. The van der Waals surface area contributed by atoms with Crippen LogP contribution in [0.2, 0.25) is 17.7 Å². The van der Waals surface area contributed by atoms with Crippen LogP contribution in [0.3, 0.4) is 0 Å². The van der Waals surface area contributed by atoms with Gasteiger partial charge in [0.15, 0.2) is 0 Å². The van der Waals surface area contributed by atoms with Crippen LogP contribution >= 0.6 is 0 Å². The van der Waals surface area contributed by atoms with Gasteiger partial charge in [0.2, 0.25) is 0 Å². The molecule has 0 fully saturated rings. The molecule has 0 aromatic carbocycles. The third-order valence-electron chi connectivity index (χ3n) is 4.11. The summed E-state index contributed by atoms with van der Waals surface area (Å²) in [6.07, 6.45) is 13.4. The second kappa shape index (κ2) is 13.0. The number of nitriles is 1. The average molecular weight is 370 g/mol. The monoisotopic (exact) mass is 371 g/mol. The molecule has 110 valence electrons. The molecule has 0 N–H and O–H groups in total. The Morgan fingerprint density at radius 2 is 1.32 bits per heavy atom. The van der Waals surface area contributed by atoms with Gasteiger partial charge >= 0.3 is 125 Å². The topological polar surface area (TPSA) is 23.8 Å². The van der Waals surface area contributed by atoms with Gasteiger partial charge in [-0.05, 0) is 0 Å². The Morgan fingerprint density at radius 3 is 1.68 bits per heavy atom. The van der Waals surface area contributed by atoms with Crippen molar-refractivity contribution in [3.8, 4) is 6.07 Å². The van der Waals surface area contributed by atoms with Gasteiger partial charge in [-0.3, -0.25) is 0 Å². The van der Waals surface area contributed by atoms with Crippen molar-refractivity contribution in [1.29, 1.82) is 5.26 Å². The van der Waals surface area contributed by atoms with E-state index in [-0.39, 0.29) is 0 Å². The Labute approximate surface area is 125 Å². The SMILES string of the molecule is CCC[CH2][Sn]([CH2]/C=C/CC#N)([CH2]CCC)[CH2]CCC. The standard InChI is InChI=1S/C5H6N.3C4H9.Sn/c1-2-3-4-5-6;3*1-3-4-2;/h2-3H,1,4H2;3*1,3-4H2,2H3;/b3-2+;;;;. The van der Waals surface area contributed by atoms with Crippen LogP contribution in [0.4, 0.5) is 0 Å². The zero-order valence-electron chi connectivity index (χ0n) is 13.4. The number of unbranched alkanes of at least 4 members (excludes halogenated alkanes) is 3. The van der Waals surface area contributed by atoms with Crippen LogP contribution in [0.15, 0.2) is 12.2 Å². The van der Waals surface area contributed by atoms with Gasteiger partial charge in [-0.25, -0.2) is 0 Å². The molecule has 19 heavy (non-hydrogen) atoms. The van der Waals surface area contributed by atoms with Crippen molar-refractivity contribution in [2.45, 2.75) is 83.5 Å². The van der Waals surface area contributed by atoms with Gasteiger partial charge in [0.05, 0.1) is 0 Å². The molecular weight excluding hydrogens is 337 g/mol. The number of hydrogen-bond acceptors (Lipinski definition) is 1. The second-order valence-corrected chi connectivity index (χ2v) is 19.9. The summed E-state index contributed by atoms with van der Waals surface area (Å²) in [5.41, 5.74) is 0. The minimum absolute atomic E-state index is 0.595. The summed E-state index contributed by atoms with van der Waals surface area (Å²) in [7, 11) is 0. The molecule has 0 aliphatic heterocycles. The first-order valence-corrected chi connectivity index (χ1v) is 16.3. The first kappa shape index (κ1) is 19.0. The summed E-state index contributed by atoms with van der Waals surface area (Å²) < 4.78 is 6.10. The summed E-state index contributed by atoms with van der Waals surface area (Å²) in [6.45, 7) is 6.96. The van der Waals surface area contributed by atoms with Crippen LogP contribution in [0, 0.1) is 11.3 Å². The average Bonchev–Trinajstić information content (AvgIpc) is 2.44. The van der Waals surface area contributed by atoms with Crippen molar-refractivity contribution < 1.29 is 0 Å². The zero-order valence-corrected chi connectivity index (χ0v) is 16.2. The van der Waals surface area contributed by atoms with Gasteiger partial charge in [0.1, 0.15) is 0 Å². The Hall–Kier alpha value is 0.0287. The molecule has 0 aromatic heterocycles. The minimum atomic E-state index is -1.93. The van der Waals surface area contributed by atoms with Crippen LogP contribution in [0.25, 0.3) is 0 Å². The van der Waals surface area contributed by atoms with Crippen molar-refractivity contribution in [1.82, 2.24) is 0 Å². The van der Waals surface area contributed by atoms with Crippen molar-refractivity contribution in [3.05, 3.63) is 12.2 Å². The number of rotatable bonds is 12.